The maximum absolute atomic E-state index is 11.2. The van der Waals surface area contributed by atoms with Crippen molar-refractivity contribution in [1.29, 1.82) is 0 Å². The van der Waals surface area contributed by atoms with E-state index in [1.807, 2.05) is 0 Å². The average Bonchev–Trinajstić information content (AvgIpc) is 2.22. The molecule has 16 heavy (non-hydrogen) atoms. The van der Waals surface area contributed by atoms with Crippen LogP contribution < -0.4 is 11.1 Å². The van der Waals surface area contributed by atoms with Gasteiger partial charge in [0, 0.05) is 13.1 Å². The SMILES string of the molecule is CCN(CC)CCNC(CC(C)C)C(N)=O. The maximum Gasteiger partial charge on any atom is 0.234 e. The van der Waals surface area contributed by atoms with Gasteiger partial charge < -0.3 is 16.0 Å². The van der Waals surface area contributed by atoms with Crippen molar-refractivity contribution < 1.29 is 4.79 Å². The molecule has 0 aliphatic heterocycles. The summed E-state index contributed by atoms with van der Waals surface area (Å²) in [6.45, 7) is 12.4. The van der Waals surface area contributed by atoms with Crippen molar-refractivity contribution in [2.24, 2.45) is 11.7 Å². The van der Waals surface area contributed by atoms with Crippen molar-refractivity contribution in [3.05, 3.63) is 0 Å². The van der Waals surface area contributed by atoms with Crippen LogP contribution in [-0.4, -0.2) is 43.0 Å². The molecular weight excluding hydrogens is 202 g/mol. The third-order valence-electron chi connectivity index (χ3n) is 2.76. The molecule has 0 aliphatic rings. The summed E-state index contributed by atoms with van der Waals surface area (Å²) in [5, 5.41) is 3.23. The fourth-order valence-electron chi connectivity index (χ4n) is 1.71. The molecule has 0 spiro atoms. The van der Waals surface area contributed by atoms with Crippen LogP contribution in [0.3, 0.4) is 0 Å². The van der Waals surface area contributed by atoms with Crippen LogP contribution in [0.2, 0.25) is 0 Å². The minimum Gasteiger partial charge on any atom is -0.368 e. The summed E-state index contributed by atoms with van der Waals surface area (Å²) in [6, 6.07) is -0.185. The zero-order chi connectivity index (χ0) is 12.6. The van der Waals surface area contributed by atoms with E-state index in [4.69, 9.17) is 5.73 Å². The quantitative estimate of drug-likeness (QED) is 0.615. The number of nitrogens with one attached hydrogen (secondary N) is 1. The Morgan fingerprint density at radius 1 is 1.31 bits per heavy atom. The molecule has 0 fully saturated rings. The van der Waals surface area contributed by atoms with Crippen molar-refractivity contribution in [1.82, 2.24) is 10.2 Å². The summed E-state index contributed by atoms with van der Waals surface area (Å²) in [4.78, 5) is 13.5. The molecule has 0 saturated carbocycles. The minimum absolute atomic E-state index is 0.185. The van der Waals surface area contributed by atoms with Crippen molar-refractivity contribution in [3.63, 3.8) is 0 Å². The fourth-order valence-corrected chi connectivity index (χ4v) is 1.71. The summed E-state index contributed by atoms with van der Waals surface area (Å²) >= 11 is 0. The fraction of sp³-hybridized carbons (Fsp3) is 0.917. The summed E-state index contributed by atoms with van der Waals surface area (Å²) < 4.78 is 0. The van der Waals surface area contributed by atoms with E-state index in [1.165, 1.54) is 0 Å². The molecule has 0 radical (unpaired) electrons. The van der Waals surface area contributed by atoms with Gasteiger partial charge in [0.15, 0.2) is 0 Å². The molecule has 0 aromatic heterocycles. The lowest BCUT2D eigenvalue weighted by molar-refractivity contribution is -0.120. The highest BCUT2D eigenvalue weighted by Crippen LogP contribution is 2.03. The first-order valence-electron chi connectivity index (χ1n) is 6.26. The van der Waals surface area contributed by atoms with E-state index in [0.29, 0.717) is 5.92 Å². The number of carbonyl (C=O) groups excluding carboxylic acids is 1. The Balaban J connectivity index is 3.88. The van der Waals surface area contributed by atoms with E-state index in [1.54, 1.807) is 0 Å². The normalized spacial score (nSPS) is 13.4. The largest absolute Gasteiger partial charge is 0.368 e. The van der Waals surface area contributed by atoms with Crippen LogP contribution in [0.15, 0.2) is 0 Å². The molecule has 4 nitrogen and oxygen atoms in total. The highest BCUT2D eigenvalue weighted by molar-refractivity contribution is 5.79. The second-order valence-corrected chi connectivity index (χ2v) is 4.57. The molecule has 0 aliphatic carbocycles. The smallest absolute Gasteiger partial charge is 0.234 e. The highest BCUT2D eigenvalue weighted by atomic mass is 16.1. The van der Waals surface area contributed by atoms with Crippen LogP contribution in [0, 0.1) is 5.92 Å². The number of hydrogen-bond acceptors (Lipinski definition) is 3. The zero-order valence-corrected chi connectivity index (χ0v) is 11.1. The van der Waals surface area contributed by atoms with Gasteiger partial charge in [-0.25, -0.2) is 0 Å². The Labute approximate surface area is 99.6 Å². The number of nitrogens with two attached hydrogens (primary N) is 1. The summed E-state index contributed by atoms with van der Waals surface area (Å²) in [7, 11) is 0. The van der Waals surface area contributed by atoms with Gasteiger partial charge in [-0.1, -0.05) is 27.7 Å². The van der Waals surface area contributed by atoms with Crippen LogP contribution in [0.4, 0.5) is 0 Å². The van der Waals surface area contributed by atoms with Gasteiger partial charge in [0.05, 0.1) is 6.04 Å². The summed E-state index contributed by atoms with van der Waals surface area (Å²) in [5.41, 5.74) is 5.35. The third-order valence-corrected chi connectivity index (χ3v) is 2.76. The Hall–Kier alpha value is -0.610. The zero-order valence-electron chi connectivity index (χ0n) is 11.1. The average molecular weight is 229 g/mol. The van der Waals surface area contributed by atoms with Crippen LogP contribution >= 0.6 is 0 Å². The van der Waals surface area contributed by atoms with E-state index < -0.39 is 0 Å². The Morgan fingerprint density at radius 3 is 2.25 bits per heavy atom. The molecule has 0 heterocycles. The number of primary amides is 1. The lowest BCUT2D eigenvalue weighted by Crippen LogP contribution is -2.45. The molecule has 0 aromatic carbocycles. The van der Waals surface area contributed by atoms with Crippen molar-refractivity contribution in [3.8, 4) is 0 Å². The Kier molecular flexibility index (Phi) is 8.21. The van der Waals surface area contributed by atoms with Gasteiger partial charge >= 0.3 is 0 Å². The van der Waals surface area contributed by atoms with Gasteiger partial charge in [-0.15, -0.1) is 0 Å². The van der Waals surface area contributed by atoms with Gasteiger partial charge in [0.25, 0.3) is 0 Å². The van der Waals surface area contributed by atoms with E-state index in [-0.39, 0.29) is 11.9 Å². The van der Waals surface area contributed by atoms with Gasteiger partial charge in [-0.05, 0) is 25.4 Å². The molecule has 1 atom stereocenters. The number of hydrogen-bond donors (Lipinski definition) is 2. The molecular formula is C12H27N3O. The van der Waals surface area contributed by atoms with Crippen LogP contribution in [0.25, 0.3) is 0 Å². The van der Waals surface area contributed by atoms with Crippen LogP contribution in [-0.2, 0) is 4.79 Å². The van der Waals surface area contributed by atoms with Crippen molar-refractivity contribution in [2.45, 2.75) is 40.2 Å². The molecule has 0 rings (SSSR count). The maximum atomic E-state index is 11.2. The van der Waals surface area contributed by atoms with Crippen LogP contribution in [0.5, 0.6) is 0 Å². The van der Waals surface area contributed by atoms with Gasteiger partial charge in [-0.3, -0.25) is 4.79 Å². The molecule has 3 N–H and O–H groups in total. The number of likely N-dealkylation sites (N-methyl/N-ethyl adjacent to an activating group) is 1. The second-order valence-electron chi connectivity index (χ2n) is 4.57. The topological polar surface area (TPSA) is 58.4 Å². The number of nitrogens with zero attached hydrogens (tertiary/aromatic N) is 1. The number of amides is 1. The van der Waals surface area contributed by atoms with Gasteiger partial charge in [-0.2, -0.15) is 0 Å². The highest BCUT2D eigenvalue weighted by Gasteiger charge is 2.15. The third kappa shape index (κ3) is 6.80. The van der Waals surface area contributed by atoms with Crippen LogP contribution in [0.1, 0.15) is 34.1 Å². The lowest BCUT2D eigenvalue weighted by Gasteiger charge is -2.21. The molecule has 1 unspecified atom stereocenters. The van der Waals surface area contributed by atoms with E-state index in [0.717, 1.165) is 32.6 Å². The van der Waals surface area contributed by atoms with Crippen molar-refractivity contribution in [2.75, 3.05) is 26.2 Å². The molecule has 4 heteroatoms. The first-order chi connectivity index (χ1) is 7.51. The van der Waals surface area contributed by atoms with E-state index >= 15 is 0 Å². The number of rotatable bonds is 9. The van der Waals surface area contributed by atoms with Gasteiger partial charge in [0.2, 0.25) is 5.91 Å². The predicted octanol–water partition coefficient (Wildman–Crippen LogP) is 0.818. The lowest BCUT2D eigenvalue weighted by atomic mass is 10.0. The molecule has 0 aromatic rings. The summed E-state index contributed by atoms with van der Waals surface area (Å²) in [6.07, 6.45) is 0.813. The van der Waals surface area contributed by atoms with Gasteiger partial charge in [0.1, 0.15) is 0 Å². The van der Waals surface area contributed by atoms with E-state index in [9.17, 15) is 4.79 Å². The monoisotopic (exact) mass is 229 g/mol. The van der Waals surface area contributed by atoms with E-state index in [2.05, 4.69) is 37.9 Å². The first kappa shape index (κ1) is 15.4. The van der Waals surface area contributed by atoms with Crippen molar-refractivity contribution >= 4 is 5.91 Å². The molecule has 96 valence electrons. The Bertz CT molecular complexity index is 191. The first-order valence-corrected chi connectivity index (χ1v) is 6.26. The Morgan fingerprint density at radius 2 is 1.88 bits per heavy atom. The minimum atomic E-state index is -0.242. The predicted molar refractivity (Wildman–Crippen MR) is 68.2 cm³/mol. The standard InChI is InChI=1S/C12H27N3O/c1-5-15(6-2)8-7-14-11(12(13)16)9-10(3)4/h10-11,14H,5-9H2,1-4H3,(H2,13,16). The second kappa shape index (κ2) is 8.53. The number of carbonyl (C=O) groups is 1. The molecule has 0 bridgehead atoms. The molecule has 0 saturated heterocycles. The molecule has 1 amide bonds. The summed E-state index contributed by atoms with van der Waals surface area (Å²) in [5.74, 6) is 0.242.